The predicted octanol–water partition coefficient (Wildman–Crippen LogP) is 1.70. The van der Waals surface area contributed by atoms with Crippen LogP contribution in [0.25, 0.3) is 0 Å². The summed E-state index contributed by atoms with van der Waals surface area (Å²) < 4.78 is 10.8. The van der Waals surface area contributed by atoms with Crippen LogP contribution in [-0.4, -0.2) is 42.0 Å². The van der Waals surface area contributed by atoms with Crippen LogP contribution < -0.4 is 5.32 Å². The van der Waals surface area contributed by atoms with Crippen molar-refractivity contribution in [1.29, 1.82) is 0 Å². The van der Waals surface area contributed by atoms with Gasteiger partial charge in [-0.15, -0.1) is 0 Å². The zero-order valence-corrected chi connectivity index (χ0v) is 11.5. The van der Waals surface area contributed by atoms with Crippen LogP contribution in [0.4, 0.5) is 4.79 Å². The summed E-state index contributed by atoms with van der Waals surface area (Å²) in [5.74, 6) is -1.02. The van der Waals surface area contributed by atoms with Crippen LogP contribution in [0, 0.1) is 5.92 Å². The lowest BCUT2D eigenvalue weighted by Gasteiger charge is -2.50. The van der Waals surface area contributed by atoms with Crippen molar-refractivity contribution in [2.75, 3.05) is 13.2 Å². The van der Waals surface area contributed by atoms with Crippen molar-refractivity contribution in [3.05, 3.63) is 12.7 Å². The Morgan fingerprint density at radius 3 is 2.90 bits per heavy atom. The van der Waals surface area contributed by atoms with E-state index in [4.69, 9.17) is 14.6 Å². The van der Waals surface area contributed by atoms with Crippen molar-refractivity contribution < 1.29 is 24.2 Å². The molecule has 1 amide bonds. The van der Waals surface area contributed by atoms with Crippen LogP contribution >= 0.6 is 0 Å². The maximum atomic E-state index is 11.3. The minimum absolute atomic E-state index is 0.0604. The van der Waals surface area contributed by atoms with Crippen LogP contribution in [0.5, 0.6) is 0 Å². The molecule has 0 aromatic rings. The van der Waals surface area contributed by atoms with Crippen molar-refractivity contribution in [2.24, 2.45) is 5.92 Å². The number of amides is 1. The summed E-state index contributed by atoms with van der Waals surface area (Å²) in [6.07, 6.45) is 4.92. The van der Waals surface area contributed by atoms with E-state index < -0.39 is 12.1 Å². The molecule has 1 saturated carbocycles. The summed E-state index contributed by atoms with van der Waals surface area (Å²) in [5, 5.41) is 11.6. The van der Waals surface area contributed by atoms with E-state index in [2.05, 4.69) is 11.9 Å². The van der Waals surface area contributed by atoms with Gasteiger partial charge in [-0.3, -0.25) is 4.79 Å². The highest BCUT2D eigenvalue weighted by atomic mass is 16.5. The Morgan fingerprint density at radius 1 is 1.50 bits per heavy atom. The van der Waals surface area contributed by atoms with E-state index in [1.165, 1.54) is 6.08 Å². The van der Waals surface area contributed by atoms with Gasteiger partial charge in [0.15, 0.2) is 0 Å². The lowest BCUT2D eigenvalue weighted by molar-refractivity contribution is -0.198. The molecule has 2 aliphatic rings. The van der Waals surface area contributed by atoms with Crippen molar-refractivity contribution in [3.63, 3.8) is 0 Å². The normalized spacial score (nSPS) is 32.2. The average Bonchev–Trinajstić information content (AvgIpc) is 2.40. The summed E-state index contributed by atoms with van der Waals surface area (Å²) in [7, 11) is 0. The molecule has 1 atom stereocenters. The highest BCUT2D eigenvalue weighted by Crippen LogP contribution is 2.47. The molecule has 6 heteroatoms. The molecule has 2 N–H and O–H groups in total. The molecule has 1 saturated heterocycles. The Labute approximate surface area is 118 Å². The Morgan fingerprint density at radius 2 is 2.25 bits per heavy atom. The van der Waals surface area contributed by atoms with Gasteiger partial charge in [0.25, 0.3) is 0 Å². The summed E-state index contributed by atoms with van der Waals surface area (Å²) in [4.78, 5) is 22.2. The minimum atomic E-state index is -0.743. The quantitative estimate of drug-likeness (QED) is 0.750. The molecule has 20 heavy (non-hydrogen) atoms. The summed E-state index contributed by atoms with van der Waals surface area (Å²) in [6, 6.07) is 0. The molecule has 0 radical (unpaired) electrons. The second-order valence-electron chi connectivity index (χ2n) is 5.53. The van der Waals surface area contributed by atoms with Gasteiger partial charge in [-0.1, -0.05) is 12.7 Å². The average molecular weight is 283 g/mol. The Hall–Kier alpha value is -1.56. The van der Waals surface area contributed by atoms with E-state index >= 15 is 0 Å². The highest BCUT2D eigenvalue weighted by molar-refractivity contribution is 5.71. The molecule has 0 aromatic heterocycles. The molecule has 0 aromatic carbocycles. The van der Waals surface area contributed by atoms with Gasteiger partial charge in [0.05, 0.1) is 17.6 Å². The summed E-state index contributed by atoms with van der Waals surface area (Å²) in [6.45, 7) is 4.04. The number of alkyl carbamates (subject to hydrolysis) is 1. The topological polar surface area (TPSA) is 84.9 Å². The van der Waals surface area contributed by atoms with Crippen molar-refractivity contribution >= 4 is 12.1 Å². The number of aliphatic carboxylic acids is 1. The monoisotopic (exact) mass is 283 g/mol. The molecule has 1 aliphatic heterocycles. The first-order valence-corrected chi connectivity index (χ1v) is 6.97. The molecule has 2 fully saturated rings. The van der Waals surface area contributed by atoms with Gasteiger partial charge in [0.2, 0.25) is 0 Å². The first kappa shape index (κ1) is 14.8. The Bertz CT molecular complexity index is 389. The number of hydrogen-bond donors (Lipinski definition) is 2. The fourth-order valence-electron chi connectivity index (χ4n) is 2.96. The van der Waals surface area contributed by atoms with Gasteiger partial charge in [-0.05, 0) is 32.1 Å². The van der Waals surface area contributed by atoms with Crippen LogP contribution in [0.15, 0.2) is 12.7 Å². The Balaban J connectivity index is 1.73. The first-order valence-electron chi connectivity index (χ1n) is 6.97. The molecule has 1 heterocycles. The van der Waals surface area contributed by atoms with E-state index in [1.807, 2.05) is 0 Å². The van der Waals surface area contributed by atoms with Crippen LogP contribution in [0.2, 0.25) is 0 Å². The number of ether oxygens (including phenoxy) is 2. The zero-order valence-electron chi connectivity index (χ0n) is 11.5. The molecule has 1 unspecified atom stereocenters. The number of carbonyl (C=O) groups excluding carboxylic acids is 1. The summed E-state index contributed by atoms with van der Waals surface area (Å²) >= 11 is 0. The number of carboxylic acids is 1. The van der Waals surface area contributed by atoms with Gasteiger partial charge in [-0.25, -0.2) is 4.79 Å². The van der Waals surface area contributed by atoms with E-state index in [-0.39, 0.29) is 24.2 Å². The largest absolute Gasteiger partial charge is 0.481 e. The lowest BCUT2D eigenvalue weighted by atomic mass is 9.67. The summed E-state index contributed by atoms with van der Waals surface area (Å²) in [5.41, 5.74) is -0.279. The van der Waals surface area contributed by atoms with E-state index in [0.717, 1.165) is 19.3 Å². The fourth-order valence-corrected chi connectivity index (χ4v) is 2.96. The predicted molar refractivity (Wildman–Crippen MR) is 71.4 cm³/mol. The van der Waals surface area contributed by atoms with Gasteiger partial charge in [-0.2, -0.15) is 0 Å². The molecular weight excluding hydrogens is 262 g/mol. The number of carboxylic acid groups (broad SMARTS) is 1. The number of rotatable bonds is 5. The smallest absolute Gasteiger partial charge is 0.407 e. The SMILES string of the molecule is C=CCOC(=O)NCC1CCCC2(CC(C(=O)O)C2)O1. The molecule has 6 nitrogen and oxygen atoms in total. The molecular formula is C14H21NO5. The van der Waals surface area contributed by atoms with Crippen LogP contribution in [0.3, 0.4) is 0 Å². The fraction of sp³-hybridized carbons (Fsp3) is 0.714. The second kappa shape index (κ2) is 6.26. The van der Waals surface area contributed by atoms with Crippen molar-refractivity contribution in [2.45, 2.75) is 43.8 Å². The molecule has 1 spiro atoms. The van der Waals surface area contributed by atoms with Gasteiger partial charge in [0, 0.05) is 6.54 Å². The van der Waals surface area contributed by atoms with Crippen LogP contribution in [0.1, 0.15) is 32.1 Å². The van der Waals surface area contributed by atoms with Crippen LogP contribution in [-0.2, 0) is 14.3 Å². The highest BCUT2D eigenvalue weighted by Gasteiger charge is 2.50. The third-order valence-electron chi connectivity index (χ3n) is 3.97. The van der Waals surface area contributed by atoms with E-state index in [9.17, 15) is 9.59 Å². The van der Waals surface area contributed by atoms with E-state index in [1.54, 1.807) is 0 Å². The van der Waals surface area contributed by atoms with E-state index in [0.29, 0.717) is 19.4 Å². The third kappa shape index (κ3) is 3.50. The van der Waals surface area contributed by atoms with Crippen molar-refractivity contribution in [3.8, 4) is 0 Å². The minimum Gasteiger partial charge on any atom is -0.481 e. The maximum absolute atomic E-state index is 11.3. The molecule has 0 bridgehead atoms. The third-order valence-corrected chi connectivity index (χ3v) is 3.97. The number of nitrogens with one attached hydrogen (secondary N) is 1. The molecule has 112 valence electrons. The lowest BCUT2D eigenvalue weighted by Crippen LogP contribution is -2.54. The standard InChI is InChI=1S/C14H21NO5/c1-2-6-19-13(18)15-9-11-4-3-5-14(20-11)7-10(8-14)12(16)17/h2,10-11H,1,3-9H2,(H,15,18)(H,16,17). The molecule has 1 aliphatic carbocycles. The molecule has 2 rings (SSSR count). The second-order valence-corrected chi connectivity index (χ2v) is 5.53. The zero-order chi connectivity index (χ0) is 14.6. The van der Waals surface area contributed by atoms with Gasteiger partial charge < -0.3 is 19.9 Å². The number of carbonyl (C=O) groups is 2. The number of hydrogen-bond acceptors (Lipinski definition) is 4. The maximum Gasteiger partial charge on any atom is 0.407 e. The Kier molecular flexibility index (Phi) is 4.65. The van der Waals surface area contributed by atoms with Crippen molar-refractivity contribution in [1.82, 2.24) is 5.32 Å². The van der Waals surface area contributed by atoms with Gasteiger partial charge >= 0.3 is 12.1 Å². The first-order chi connectivity index (χ1) is 9.54. The van der Waals surface area contributed by atoms with Gasteiger partial charge in [0.1, 0.15) is 6.61 Å².